The SMILES string of the molecule is CN1Cc2ccc(CN(C)C(=O)CC[C@@]3(CCC(=O)O)CCC(=O)N3)cc2C1. The van der Waals surface area contributed by atoms with Gasteiger partial charge >= 0.3 is 5.97 Å². The minimum atomic E-state index is -0.883. The van der Waals surface area contributed by atoms with Gasteiger partial charge in [0.15, 0.2) is 0 Å². The number of nitrogens with zero attached hydrogens (tertiary/aromatic N) is 2. The molecule has 2 heterocycles. The van der Waals surface area contributed by atoms with Gasteiger partial charge in [-0.2, -0.15) is 0 Å². The molecular weight excluding hydrogens is 358 g/mol. The van der Waals surface area contributed by atoms with Crippen LogP contribution >= 0.6 is 0 Å². The molecule has 28 heavy (non-hydrogen) atoms. The molecule has 7 nitrogen and oxygen atoms in total. The van der Waals surface area contributed by atoms with Gasteiger partial charge < -0.3 is 15.3 Å². The molecule has 1 atom stereocenters. The number of rotatable bonds is 8. The first kappa shape index (κ1) is 20.3. The highest BCUT2D eigenvalue weighted by Crippen LogP contribution is 2.30. The van der Waals surface area contributed by atoms with Crippen molar-refractivity contribution < 1.29 is 19.5 Å². The van der Waals surface area contributed by atoms with Gasteiger partial charge in [0, 0.05) is 51.5 Å². The molecule has 0 saturated carbocycles. The van der Waals surface area contributed by atoms with Crippen molar-refractivity contribution in [3.8, 4) is 0 Å². The first-order valence-corrected chi connectivity index (χ1v) is 9.82. The normalized spacial score (nSPS) is 21.4. The Bertz CT molecular complexity index is 779. The molecule has 2 N–H and O–H groups in total. The van der Waals surface area contributed by atoms with E-state index in [9.17, 15) is 14.4 Å². The monoisotopic (exact) mass is 387 g/mol. The van der Waals surface area contributed by atoms with Gasteiger partial charge in [0.1, 0.15) is 0 Å². The summed E-state index contributed by atoms with van der Waals surface area (Å²) in [5.74, 6) is -0.936. The molecule has 0 unspecified atom stereocenters. The van der Waals surface area contributed by atoms with Crippen LogP contribution in [-0.2, 0) is 34.0 Å². The van der Waals surface area contributed by atoms with Gasteiger partial charge in [0.25, 0.3) is 0 Å². The zero-order valence-electron chi connectivity index (χ0n) is 16.7. The van der Waals surface area contributed by atoms with Gasteiger partial charge in [-0.3, -0.25) is 19.3 Å². The van der Waals surface area contributed by atoms with Crippen molar-refractivity contribution in [1.82, 2.24) is 15.1 Å². The first-order chi connectivity index (χ1) is 13.3. The molecule has 0 bridgehead atoms. The van der Waals surface area contributed by atoms with E-state index in [-0.39, 0.29) is 18.2 Å². The fourth-order valence-corrected chi connectivity index (χ4v) is 4.24. The molecule has 1 saturated heterocycles. The lowest BCUT2D eigenvalue weighted by atomic mass is 9.86. The molecule has 0 aromatic heterocycles. The van der Waals surface area contributed by atoms with Crippen LogP contribution in [0.15, 0.2) is 18.2 Å². The summed E-state index contributed by atoms with van der Waals surface area (Å²) in [5.41, 5.74) is 3.21. The van der Waals surface area contributed by atoms with Gasteiger partial charge in [-0.1, -0.05) is 18.2 Å². The zero-order chi connectivity index (χ0) is 20.3. The van der Waals surface area contributed by atoms with Crippen molar-refractivity contribution in [2.45, 2.75) is 63.7 Å². The molecule has 7 heteroatoms. The Morgan fingerprint density at radius 1 is 1.21 bits per heavy atom. The molecule has 0 aliphatic carbocycles. The Kier molecular flexibility index (Phi) is 6.03. The number of amides is 2. The minimum absolute atomic E-state index is 0.00607. The number of hydrogen-bond acceptors (Lipinski definition) is 4. The molecule has 2 amide bonds. The standard InChI is InChI=1S/C21H29N3O4/c1-23-13-16-4-3-15(11-17(16)14-23)12-24(2)19(26)6-9-21(10-7-20(27)28)8-5-18(25)22-21/h3-4,11H,5-10,12-14H2,1-2H3,(H,22,25)(H,27,28)/t21-/m1/s1. The van der Waals surface area contributed by atoms with Crippen molar-refractivity contribution in [2.75, 3.05) is 14.1 Å². The molecular formula is C21H29N3O4. The third-order valence-corrected chi connectivity index (χ3v) is 5.87. The molecule has 1 fully saturated rings. The second kappa shape index (κ2) is 8.31. The maximum atomic E-state index is 12.6. The summed E-state index contributed by atoms with van der Waals surface area (Å²) < 4.78 is 0. The Hall–Kier alpha value is -2.41. The van der Waals surface area contributed by atoms with Crippen LogP contribution in [0.4, 0.5) is 0 Å². The van der Waals surface area contributed by atoms with E-state index in [1.165, 1.54) is 11.1 Å². The topological polar surface area (TPSA) is 90.0 Å². The van der Waals surface area contributed by atoms with Crippen LogP contribution in [0.25, 0.3) is 0 Å². The predicted molar refractivity (Wildman–Crippen MR) is 104 cm³/mol. The summed E-state index contributed by atoms with van der Waals surface area (Å²) in [6, 6.07) is 6.39. The molecule has 1 aromatic carbocycles. The predicted octanol–water partition coefficient (Wildman–Crippen LogP) is 1.88. The number of aliphatic carboxylic acids is 1. The van der Waals surface area contributed by atoms with E-state index in [2.05, 4.69) is 35.5 Å². The molecule has 0 radical (unpaired) electrons. The lowest BCUT2D eigenvalue weighted by Gasteiger charge is -2.29. The van der Waals surface area contributed by atoms with Crippen molar-refractivity contribution in [2.24, 2.45) is 0 Å². The van der Waals surface area contributed by atoms with Gasteiger partial charge in [0.05, 0.1) is 0 Å². The van der Waals surface area contributed by atoms with E-state index in [1.54, 1.807) is 11.9 Å². The molecule has 1 aromatic rings. The molecule has 2 aliphatic heterocycles. The fourth-order valence-electron chi connectivity index (χ4n) is 4.24. The Balaban J connectivity index is 1.55. The summed E-state index contributed by atoms with van der Waals surface area (Å²) in [5, 5.41) is 11.9. The highest BCUT2D eigenvalue weighted by molar-refractivity contribution is 5.80. The van der Waals surface area contributed by atoms with Crippen LogP contribution in [0.2, 0.25) is 0 Å². The largest absolute Gasteiger partial charge is 0.481 e. The highest BCUT2D eigenvalue weighted by Gasteiger charge is 2.38. The van der Waals surface area contributed by atoms with E-state index >= 15 is 0 Å². The number of carbonyl (C=O) groups is 3. The summed E-state index contributed by atoms with van der Waals surface area (Å²) in [6.45, 7) is 2.45. The van der Waals surface area contributed by atoms with Crippen molar-refractivity contribution in [1.29, 1.82) is 0 Å². The van der Waals surface area contributed by atoms with Crippen LogP contribution < -0.4 is 5.32 Å². The third kappa shape index (κ3) is 4.90. The molecule has 2 aliphatic rings. The third-order valence-electron chi connectivity index (χ3n) is 5.87. The Morgan fingerprint density at radius 2 is 1.93 bits per heavy atom. The average Bonchev–Trinajstić information content (AvgIpc) is 3.19. The van der Waals surface area contributed by atoms with Gasteiger partial charge in [-0.25, -0.2) is 0 Å². The number of carbonyl (C=O) groups excluding carboxylic acids is 2. The summed E-state index contributed by atoms with van der Waals surface area (Å²) in [4.78, 5) is 39.2. The second-order valence-electron chi connectivity index (χ2n) is 8.25. The zero-order valence-corrected chi connectivity index (χ0v) is 16.7. The number of nitrogens with one attached hydrogen (secondary N) is 1. The van der Waals surface area contributed by atoms with Crippen LogP contribution in [0.1, 0.15) is 55.2 Å². The molecule has 3 rings (SSSR count). The quantitative estimate of drug-likeness (QED) is 0.711. The highest BCUT2D eigenvalue weighted by atomic mass is 16.4. The van der Waals surface area contributed by atoms with Crippen LogP contribution in [-0.4, -0.2) is 52.3 Å². The van der Waals surface area contributed by atoms with E-state index in [0.717, 1.165) is 18.7 Å². The van der Waals surface area contributed by atoms with Gasteiger partial charge in [0.2, 0.25) is 11.8 Å². The number of hydrogen-bond donors (Lipinski definition) is 2. The molecule has 152 valence electrons. The molecule has 0 spiro atoms. The van der Waals surface area contributed by atoms with Crippen molar-refractivity contribution >= 4 is 17.8 Å². The van der Waals surface area contributed by atoms with Gasteiger partial charge in [-0.05, 0) is 43.0 Å². The maximum Gasteiger partial charge on any atom is 0.303 e. The second-order valence-corrected chi connectivity index (χ2v) is 8.25. The van der Waals surface area contributed by atoms with Crippen LogP contribution in [0.3, 0.4) is 0 Å². The first-order valence-electron chi connectivity index (χ1n) is 9.82. The lowest BCUT2D eigenvalue weighted by Crippen LogP contribution is -2.43. The lowest BCUT2D eigenvalue weighted by molar-refractivity contribution is -0.137. The Morgan fingerprint density at radius 3 is 2.61 bits per heavy atom. The van der Waals surface area contributed by atoms with Crippen LogP contribution in [0, 0.1) is 0 Å². The number of carboxylic acid groups (broad SMARTS) is 1. The number of benzene rings is 1. The van der Waals surface area contributed by atoms with E-state index in [4.69, 9.17) is 5.11 Å². The maximum absolute atomic E-state index is 12.6. The average molecular weight is 387 g/mol. The van der Waals surface area contributed by atoms with Gasteiger partial charge in [-0.15, -0.1) is 0 Å². The van der Waals surface area contributed by atoms with E-state index in [1.807, 2.05) is 0 Å². The summed E-state index contributed by atoms with van der Waals surface area (Å²) in [7, 11) is 3.89. The smallest absolute Gasteiger partial charge is 0.303 e. The van der Waals surface area contributed by atoms with Crippen LogP contribution in [0.5, 0.6) is 0 Å². The summed E-state index contributed by atoms with van der Waals surface area (Å²) >= 11 is 0. The number of carboxylic acids is 1. The van der Waals surface area contributed by atoms with E-state index in [0.29, 0.717) is 38.6 Å². The fraction of sp³-hybridized carbons (Fsp3) is 0.571. The number of fused-ring (bicyclic) bond motifs is 1. The van der Waals surface area contributed by atoms with Crippen molar-refractivity contribution in [3.05, 3.63) is 34.9 Å². The summed E-state index contributed by atoms with van der Waals surface area (Å²) in [6.07, 6.45) is 2.12. The minimum Gasteiger partial charge on any atom is -0.481 e. The van der Waals surface area contributed by atoms with E-state index < -0.39 is 11.5 Å². The van der Waals surface area contributed by atoms with Crippen molar-refractivity contribution in [3.63, 3.8) is 0 Å². The Labute approximate surface area is 165 Å².